The zero-order valence-electron chi connectivity index (χ0n) is 62.8. The summed E-state index contributed by atoms with van der Waals surface area (Å²) in [5.41, 5.74) is 0. The van der Waals surface area contributed by atoms with Crippen molar-refractivity contribution in [2.24, 2.45) is 0 Å². The van der Waals surface area contributed by atoms with Crippen LogP contribution in [-0.4, -0.2) is 96.7 Å². The maximum absolute atomic E-state index is 13.1. The zero-order chi connectivity index (χ0) is 73.2. The molecule has 0 radical (unpaired) electrons. The number of unbranched alkanes of at least 4 members (excludes halogenated alkanes) is 29. The fourth-order valence-corrected chi connectivity index (χ4v) is 11.9. The molecule has 0 bridgehead atoms. The molecule has 0 rings (SSSR count). The highest BCUT2D eigenvalue weighted by molar-refractivity contribution is 7.47. The molecule has 0 aromatic carbocycles. The normalized spacial score (nSPS) is 14.5. The van der Waals surface area contributed by atoms with E-state index in [2.05, 4.69) is 137 Å². The first-order valence-electron chi connectivity index (χ1n) is 39.1. The van der Waals surface area contributed by atoms with Gasteiger partial charge in [0.25, 0.3) is 0 Å². The van der Waals surface area contributed by atoms with E-state index in [0.29, 0.717) is 25.7 Å². The van der Waals surface area contributed by atoms with Crippen LogP contribution in [0.5, 0.6) is 0 Å². The van der Waals surface area contributed by atoms with Crippen molar-refractivity contribution in [3.63, 3.8) is 0 Å². The minimum Gasteiger partial charge on any atom is -0.462 e. The second-order valence-electron chi connectivity index (χ2n) is 25.9. The van der Waals surface area contributed by atoms with Crippen LogP contribution >= 0.6 is 15.6 Å². The number of aliphatic hydroxyl groups is 1. The number of esters is 4. The molecule has 0 saturated carbocycles. The van der Waals surface area contributed by atoms with Gasteiger partial charge in [-0.2, -0.15) is 0 Å². The van der Waals surface area contributed by atoms with Gasteiger partial charge >= 0.3 is 39.5 Å². The number of aliphatic hydroxyl groups excluding tert-OH is 1. The average Bonchev–Trinajstić information content (AvgIpc) is 0.937. The second-order valence-corrected chi connectivity index (χ2v) is 28.8. The number of phosphoric ester groups is 2. The minimum atomic E-state index is -4.98. The Labute approximate surface area is 607 Å². The van der Waals surface area contributed by atoms with E-state index in [9.17, 15) is 43.2 Å². The third kappa shape index (κ3) is 72.1. The Morgan fingerprint density at radius 1 is 0.290 bits per heavy atom. The molecule has 5 atom stereocenters. The summed E-state index contributed by atoms with van der Waals surface area (Å²) in [6, 6.07) is 0. The summed E-state index contributed by atoms with van der Waals surface area (Å²) < 4.78 is 68.5. The number of phosphoric acid groups is 2. The van der Waals surface area contributed by atoms with Gasteiger partial charge in [0, 0.05) is 25.7 Å². The first-order valence-corrected chi connectivity index (χ1v) is 42.1. The quantitative estimate of drug-likeness (QED) is 0.0169. The molecule has 0 aromatic heterocycles. The van der Waals surface area contributed by atoms with E-state index in [-0.39, 0.29) is 25.7 Å². The van der Waals surface area contributed by atoms with Crippen LogP contribution in [0.2, 0.25) is 0 Å². The standard InChI is InChI=1S/C81H140O17P2/c1-5-9-13-17-21-25-29-33-36-37-40-43-46-50-54-58-62-66-79(84)92-72-77(98-81(86)68-64-60-56-52-48-44-39-35-31-27-23-19-15-11-7-3)74-96-100(89,90)94-70-75(82)69-93-99(87,88)95-73-76(97-80(85)67-63-59-55-51-47-41-32-28-24-20-16-12-8-4)71-91-78(83)65-61-57-53-49-45-42-38-34-30-26-22-18-14-10-6-2/h9-10,13-14,21-23,25-27,33-36,38-39,45,49,75-77,82H,5-8,11-12,15-20,24,28-32,37,40-44,46-48,50-74H2,1-4H3,(H,87,88)(H,89,90)/b13-9-,14-10-,25-21-,26-22-,27-23-,36-33-,38-34-,39-35-,49-45-. The van der Waals surface area contributed by atoms with Crippen LogP contribution in [0.15, 0.2) is 109 Å². The van der Waals surface area contributed by atoms with Crippen molar-refractivity contribution in [2.45, 2.75) is 341 Å². The molecule has 0 saturated heterocycles. The summed E-state index contributed by atoms with van der Waals surface area (Å²) in [7, 11) is -9.97. The molecular weight excluding hydrogens is 1310 g/mol. The first kappa shape index (κ1) is 95.7. The molecule has 0 aliphatic rings. The van der Waals surface area contributed by atoms with E-state index in [1.807, 2.05) is 0 Å². The molecule has 0 heterocycles. The molecule has 0 fully saturated rings. The monoisotopic (exact) mass is 1450 g/mol. The zero-order valence-corrected chi connectivity index (χ0v) is 64.6. The van der Waals surface area contributed by atoms with Gasteiger partial charge in [-0.1, -0.05) is 278 Å². The number of allylic oxidation sites excluding steroid dienone is 18. The molecule has 100 heavy (non-hydrogen) atoms. The first-order chi connectivity index (χ1) is 48.7. The van der Waals surface area contributed by atoms with Crippen LogP contribution in [0.25, 0.3) is 0 Å². The lowest BCUT2D eigenvalue weighted by Crippen LogP contribution is -2.30. The van der Waals surface area contributed by atoms with E-state index in [1.54, 1.807) is 0 Å². The smallest absolute Gasteiger partial charge is 0.462 e. The molecule has 0 aliphatic heterocycles. The van der Waals surface area contributed by atoms with Gasteiger partial charge in [-0.15, -0.1) is 0 Å². The molecule has 0 aromatic rings. The Morgan fingerprint density at radius 2 is 0.520 bits per heavy atom. The summed E-state index contributed by atoms with van der Waals surface area (Å²) in [6.45, 7) is 4.58. The molecule has 576 valence electrons. The largest absolute Gasteiger partial charge is 0.472 e. The third-order valence-electron chi connectivity index (χ3n) is 16.2. The van der Waals surface area contributed by atoms with E-state index in [4.69, 9.17) is 37.0 Å². The van der Waals surface area contributed by atoms with Crippen LogP contribution in [0, 0.1) is 0 Å². The van der Waals surface area contributed by atoms with E-state index in [0.717, 1.165) is 173 Å². The summed E-state index contributed by atoms with van der Waals surface area (Å²) in [5.74, 6) is -2.24. The van der Waals surface area contributed by atoms with Crippen molar-refractivity contribution < 1.29 is 80.2 Å². The predicted molar refractivity (Wildman–Crippen MR) is 408 cm³/mol. The summed E-state index contributed by atoms with van der Waals surface area (Å²) in [6.07, 6.45) is 77.9. The van der Waals surface area contributed by atoms with Gasteiger partial charge < -0.3 is 33.8 Å². The van der Waals surface area contributed by atoms with Gasteiger partial charge in [0.15, 0.2) is 12.2 Å². The SMILES string of the molecule is CC/C=C\C/C=C\C/C=C\C/C=C\CCCCC(=O)OCC(COP(=O)(O)OCC(O)COP(=O)(O)OCC(COC(=O)CCCCCCCCC/C=C\C/C=C\C/C=C\CC)OC(=O)CCCCCCC/C=C\C/C=C\CCCCC)OC(=O)CCCCCCCCCCCCCCC. The van der Waals surface area contributed by atoms with Crippen molar-refractivity contribution in [3.05, 3.63) is 109 Å². The van der Waals surface area contributed by atoms with Crippen LogP contribution < -0.4 is 0 Å². The maximum Gasteiger partial charge on any atom is 0.472 e. The number of carbonyl (C=O) groups excluding carboxylic acids is 4. The lowest BCUT2D eigenvalue weighted by molar-refractivity contribution is -0.161. The summed E-state index contributed by atoms with van der Waals surface area (Å²) in [4.78, 5) is 72.9. The Balaban J connectivity index is 5.38. The van der Waals surface area contributed by atoms with Gasteiger partial charge in [0.1, 0.15) is 19.3 Å². The molecule has 17 nitrogen and oxygen atoms in total. The number of rotatable bonds is 73. The van der Waals surface area contributed by atoms with Gasteiger partial charge in [-0.25, -0.2) is 9.13 Å². The highest BCUT2D eigenvalue weighted by Crippen LogP contribution is 2.45. The molecule has 0 spiro atoms. The molecule has 19 heteroatoms. The van der Waals surface area contributed by atoms with Crippen molar-refractivity contribution in [1.29, 1.82) is 0 Å². The number of ether oxygens (including phenoxy) is 4. The van der Waals surface area contributed by atoms with E-state index >= 15 is 0 Å². The Bertz CT molecular complexity index is 2320. The Kier molecular flexibility index (Phi) is 69.9. The number of carbonyl (C=O) groups is 4. The van der Waals surface area contributed by atoms with Crippen molar-refractivity contribution in [3.8, 4) is 0 Å². The fraction of sp³-hybridized carbons (Fsp3) is 0.728. The summed E-state index contributed by atoms with van der Waals surface area (Å²) in [5, 5.41) is 10.6. The van der Waals surface area contributed by atoms with Gasteiger partial charge in [0.05, 0.1) is 26.4 Å². The summed E-state index contributed by atoms with van der Waals surface area (Å²) >= 11 is 0. The van der Waals surface area contributed by atoms with E-state index < -0.39 is 97.5 Å². The highest BCUT2D eigenvalue weighted by atomic mass is 31.2. The minimum absolute atomic E-state index is 0.0754. The van der Waals surface area contributed by atoms with Crippen molar-refractivity contribution in [1.82, 2.24) is 0 Å². The number of hydrogen-bond acceptors (Lipinski definition) is 15. The lowest BCUT2D eigenvalue weighted by Gasteiger charge is -2.21. The van der Waals surface area contributed by atoms with Crippen LogP contribution in [0.1, 0.15) is 323 Å². The van der Waals surface area contributed by atoms with Crippen molar-refractivity contribution in [2.75, 3.05) is 39.6 Å². The van der Waals surface area contributed by atoms with Gasteiger partial charge in [-0.3, -0.25) is 37.3 Å². The topological polar surface area (TPSA) is 237 Å². The van der Waals surface area contributed by atoms with Crippen LogP contribution in [0.3, 0.4) is 0 Å². The molecule has 5 unspecified atom stereocenters. The average molecular weight is 1450 g/mol. The highest BCUT2D eigenvalue weighted by Gasteiger charge is 2.30. The Hall–Kier alpha value is -4.28. The van der Waals surface area contributed by atoms with E-state index in [1.165, 1.54) is 70.6 Å². The maximum atomic E-state index is 13.1. The predicted octanol–water partition coefficient (Wildman–Crippen LogP) is 22.6. The molecule has 0 aliphatic carbocycles. The van der Waals surface area contributed by atoms with Gasteiger partial charge in [0.2, 0.25) is 0 Å². The molecular formula is C81H140O17P2. The number of hydrogen-bond donors (Lipinski definition) is 3. The van der Waals surface area contributed by atoms with Crippen molar-refractivity contribution >= 4 is 39.5 Å². The lowest BCUT2D eigenvalue weighted by atomic mass is 10.0. The molecule has 0 amide bonds. The van der Waals surface area contributed by atoms with Crippen LogP contribution in [0.4, 0.5) is 0 Å². The van der Waals surface area contributed by atoms with Gasteiger partial charge in [-0.05, 0) is 128 Å². The fourth-order valence-electron chi connectivity index (χ4n) is 10.3. The van der Waals surface area contributed by atoms with Crippen LogP contribution in [-0.2, 0) is 65.4 Å². The second kappa shape index (κ2) is 73.0. The Morgan fingerprint density at radius 3 is 0.840 bits per heavy atom. The molecule has 3 N–H and O–H groups in total. The third-order valence-corrected chi connectivity index (χ3v) is 18.1.